The number of pyridine rings is 1. The predicted molar refractivity (Wildman–Crippen MR) is 130 cm³/mol. The van der Waals surface area contributed by atoms with Gasteiger partial charge < -0.3 is 14.8 Å². The third-order valence-corrected chi connectivity index (χ3v) is 6.12. The van der Waals surface area contributed by atoms with Crippen LogP contribution in [0.15, 0.2) is 59.7 Å². The first-order valence-corrected chi connectivity index (χ1v) is 11.7. The zero-order valence-electron chi connectivity index (χ0n) is 19.1. The molecule has 8 heteroatoms. The Bertz CT molecular complexity index is 1350. The number of ether oxygens (including phenoxy) is 2. The monoisotopic (exact) mass is 454 g/mol. The van der Waals surface area contributed by atoms with Gasteiger partial charge in [-0.1, -0.05) is 18.2 Å². The van der Waals surface area contributed by atoms with Crippen molar-refractivity contribution in [3.63, 3.8) is 0 Å². The van der Waals surface area contributed by atoms with Crippen molar-refractivity contribution in [2.75, 3.05) is 20.2 Å². The number of aliphatic imine (C=N–C) groups is 1. The molecule has 0 unspecified atom stereocenters. The fourth-order valence-electron chi connectivity index (χ4n) is 4.25. The number of aromatic nitrogens is 4. The number of hydrogen-bond donors (Lipinski definition) is 1. The summed E-state index contributed by atoms with van der Waals surface area (Å²) in [5.41, 5.74) is 4.29. The van der Waals surface area contributed by atoms with E-state index in [0.717, 1.165) is 73.0 Å². The minimum absolute atomic E-state index is 0.441. The minimum atomic E-state index is 0.441. The van der Waals surface area contributed by atoms with Gasteiger partial charge in [0.25, 0.3) is 0 Å². The fourth-order valence-corrected chi connectivity index (χ4v) is 4.25. The van der Waals surface area contributed by atoms with Crippen LogP contribution in [0.1, 0.15) is 37.3 Å². The molecule has 0 amide bonds. The van der Waals surface area contributed by atoms with Crippen LogP contribution in [0, 0.1) is 0 Å². The molecule has 1 aliphatic carbocycles. The third-order valence-electron chi connectivity index (χ3n) is 6.12. The molecule has 0 atom stereocenters. The van der Waals surface area contributed by atoms with Gasteiger partial charge in [0.05, 0.1) is 19.0 Å². The maximum Gasteiger partial charge on any atom is 0.157 e. The van der Waals surface area contributed by atoms with Crippen molar-refractivity contribution in [2.24, 2.45) is 4.99 Å². The summed E-state index contributed by atoms with van der Waals surface area (Å²) < 4.78 is 13.6. The maximum absolute atomic E-state index is 6.17. The highest BCUT2D eigenvalue weighted by Gasteiger charge is 2.30. The van der Waals surface area contributed by atoms with E-state index in [0.29, 0.717) is 23.2 Å². The van der Waals surface area contributed by atoms with Gasteiger partial charge in [0.15, 0.2) is 11.5 Å². The second-order valence-electron chi connectivity index (χ2n) is 8.71. The first-order chi connectivity index (χ1) is 16.8. The number of para-hydroxylation sites is 1. The van der Waals surface area contributed by atoms with Gasteiger partial charge in [0.2, 0.25) is 0 Å². The molecule has 1 aromatic carbocycles. The van der Waals surface area contributed by atoms with Crippen molar-refractivity contribution in [3.05, 3.63) is 60.4 Å². The highest BCUT2D eigenvalue weighted by molar-refractivity contribution is 5.89. The average Bonchev–Trinajstić information content (AvgIpc) is 3.63. The summed E-state index contributed by atoms with van der Waals surface area (Å²) in [5, 5.41) is 8.29. The van der Waals surface area contributed by atoms with E-state index in [1.165, 1.54) is 0 Å². The van der Waals surface area contributed by atoms with Crippen LogP contribution in [-0.2, 0) is 0 Å². The Morgan fingerprint density at radius 3 is 2.74 bits per heavy atom. The van der Waals surface area contributed by atoms with Crippen LogP contribution in [0.3, 0.4) is 0 Å². The van der Waals surface area contributed by atoms with E-state index in [-0.39, 0.29) is 0 Å². The molecule has 0 spiro atoms. The van der Waals surface area contributed by atoms with Crippen molar-refractivity contribution < 1.29 is 9.47 Å². The highest BCUT2D eigenvalue weighted by Crippen LogP contribution is 2.43. The second-order valence-corrected chi connectivity index (χ2v) is 8.71. The van der Waals surface area contributed by atoms with Crippen LogP contribution in [-0.4, -0.2) is 45.5 Å². The zero-order chi connectivity index (χ0) is 22.9. The van der Waals surface area contributed by atoms with Crippen LogP contribution >= 0.6 is 0 Å². The Kier molecular flexibility index (Phi) is 5.43. The van der Waals surface area contributed by atoms with Crippen LogP contribution in [0.25, 0.3) is 17.0 Å². The molecule has 6 rings (SSSR count). The lowest BCUT2D eigenvalue weighted by Gasteiger charge is -2.14. The van der Waals surface area contributed by atoms with Gasteiger partial charge >= 0.3 is 0 Å². The number of imidazole rings is 1. The van der Waals surface area contributed by atoms with Crippen LogP contribution < -0.4 is 14.8 Å². The van der Waals surface area contributed by atoms with Crippen molar-refractivity contribution >= 4 is 17.2 Å². The van der Waals surface area contributed by atoms with E-state index in [1.807, 2.05) is 53.0 Å². The van der Waals surface area contributed by atoms with Gasteiger partial charge in [-0.3, -0.25) is 0 Å². The molecule has 4 aromatic rings. The average molecular weight is 455 g/mol. The van der Waals surface area contributed by atoms with Gasteiger partial charge in [-0.25, -0.2) is 19.5 Å². The summed E-state index contributed by atoms with van der Waals surface area (Å²) in [6.45, 7) is 1.80. The molecule has 2 aliphatic rings. The fraction of sp³-hybridized carbons (Fsp3) is 0.308. The van der Waals surface area contributed by atoms with Gasteiger partial charge in [0.1, 0.15) is 28.6 Å². The van der Waals surface area contributed by atoms with E-state index in [4.69, 9.17) is 24.5 Å². The van der Waals surface area contributed by atoms with Gasteiger partial charge in [0, 0.05) is 36.4 Å². The van der Waals surface area contributed by atoms with Gasteiger partial charge in [-0.05, 0) is 44.4 Å². The molecule has 3 aromatic heterocycles. The molecular formula is C26H26N6O2. The van der Waals surface area contributed by atoms with E-state index in [2.05, 4.69) is 10.3 Å². The van der Waals surface area contributed by atoms with Crippen LogP contribution in [0.5, 0.6) is 17.2 Å². The maximum atomic E-state index is 6.17. The Morgan fingerprint density at radius 2 is 1.97 bits per heavy atom. The molecule has 2 fully saturated rings. The highest BCUT2D eigenvalue weighted by atomic mass is 16.5. The lowest BCUT2D eigenvalue weighted by Crippen LogP contribution is -2.29. The Hall–Kier alpha value is -3.78. The number of nitrogens with zero attached hydrogens (tertiary/aromatic N) is 5. The van der Waals surface area contributed by atoms with Crippen molar-refractivity contribution in [1.29, 1.82) is 0 Å². The number of benzene rings is 1. The summed E-state index contributed by atoms with van der Waals surface area (Å²) in [4.78, 5) is 14.3. The first kappa shape index (κ1) is 20.8. The topological polar surface area (TPSA) is 85.9 Å². The molecule has 1 N–H and O–H groups in total. The van der Waals surface area contributed by atoms with Gasteiger partial charge in [-0.15, -0.1) is 0 Å². The molecule has 1 saturated heterocycles. The summed E-state index contributed by atoms with van der Waals surface area (Å²) in [6, 6.07) is 15.5. The molecule has 0 bridgehead atoms. The van der Waals surface area contributed by atoms with Crippen molar-refractivity contribution in [2.45, 2.75) is 31.6 Å². The summed E-state index contributed by atoms with van der Waals surface area (Å²) in [6.07, 6.45) is 6.11. The van der Waals surface area contributed by atoms with Crippen molar-refractivity contribution in [1.82, 2.24) is 24.9 Å². The number of fused-ring (bicyclic) bond motifs is 1. The Balaban J connectivity index is 1.45. The number of rotatable bonds is 6. The quantitative estimate of drug-likeness (QED) is 0.445. The largest absolute Gasteiger partial charge is 0.495 e. The van der Waals surface area contributed by atoms with E-state index >= 15 is 0 Å². The molecule has 1 saturated carbocycles. The third kappa shape index (κ3) is 4.24. The first-order valence-electron chi connectivity index (χ1n) is 11.7. The molecule has 1 aliphatic heterocycles. The van der Waals surface area contributed by atoms with E-state index in [9.17, 15) is 0 Å². The molecular weight excluding hydrogens is 428 g/mol. The minimum Gasteiger partial charge on any atom is -0.495 e. The van der Waals surface area contributed by atoms with E-state index in [1.54, 1.807) is 13.3 Å². The Morgan fingerprint density at radius 1 is 1.09 bits per heavy atom. The molecule has 34 heavy (non-hydrogen) atoms. The van der Waals surface area contributed by atoms with Crippen LogP contribution in [0.4, 0.5) is 5.82 Å². The van der Waals surface area contributed by atoms with Crippen LogP contribution in [0.2, 0.25) is 0 Å². The normalized spacial score (nSPS) is 17.3. The number of piperidine rings is 1. The lowest BCUT2D eigenvalue weighted by molar-refractivity contribution is 0.405. The molecule has 4 heterocycles. The number of nitrogens with one attached hydrogen (secondary N) is 1. The molecule has 172 valence electrons. The predicted octanol–water partition coefficient (Wildman–Crippen LogP) is 4.93. The lowest BCUT2D eigenvalue weighted by atomic mass is 10.1. The summed E-state index contributed by atoms with van der Waals surface area (Å²) in [5.74, 6) is 3.28. The molecule has 0 radical (unpaired) electrons. The molecule has 8 nitrogen and oxygen atoms in total. The Labute approximate surface area is 197 Å². The number of hydrogen-bond acceptors (Lipinski definition) is 7. The van der Waals surface area contributed by atoms with Crippen molar-refractivity contribution in [3.8, 4) is 28.6 Å². The standard InChI is InChI=1S/C26H26N6O2/c1-33-23-14-25-28-16-22(32(25)31-26(23)17-9-10-17)21-12-20(34-19-7-3-2-4-8-19)13-24(30-21)29-18-6-5-11-27-15-18/h2-4,7-8,12-14,16-17,27H,5-6,9-11,15H2,1H3/b29-18+. The SMILES string of the molecule is COc1cc2ncc(-c3cc(Oc4ccccc4)cc(/N=C4\CCCNC4)n3)n2nc1C1CC1. The van der Waals surface area contributed by atoms with E-state index < -0.39 is 0 Å². The number of methoxy groups -OCH3 is 1. The second kappa shape index (κ2) is 8.87. The smallest absolute Gasteiger partial charge is 0.157 e. The van der Waals surface area contributed by atoms with Gasteiger partial charge in [-0.2, -0.15) is 5.10 Å². The zero-order valence-corrected chi connectivity index (χ0v) is 19.1. The summed E-state index contributed by atoms with van der Waals surface area (Å²) in [7, 11) is 1.68. The summed E-state index contributed by atoms with van der Waals surface area (Å²) >= 11 is 0.